The molecule has 4 rings (SSSR count). The first kappa shape index (κ1) is 25.1. The van der Waals surface area contributed by atoms with Gasteiger partial charge in [-0.25, -0.2) is 8.42 Å². The van der Waals surface area contributed by atoms with E-state index in [0.717, 1.165) is 42.9 Å². The molecule has 2 heterocycles. The van der Waals surface area contributed by atoms with Gasteiger partial charge in [-0.1, -0.05) is 18.2 Å². The summed E-state index contributed by atoms with van der Waals surface area (Å²) in [4.78, 5) is 28.5. The minimum Gasteiger partial charge on any atom is -0.480 e. The Labute approximate surface area is 207 Å². The summed E-state index contributed by atoms with van der Waals surface area (Å²) in [5.74, 6) is -1.12. The number of aliphatic imine (C=N–C) groups is 1. The smallest absolute Gasteiger partial charge is 0.323 e. The number of carboxylic acids is 1. The van der Waals surface area contributed by atoms with Gasteiger partial charge in [0, 0.05) is 37.1 Å². The number of aryl methyl sites for hydroxylation is 1. The molecule has 1 amide bonds. The number of benzene rings is 2. The third kappa shape index (κ3) is 6.17. The van der Waals surface area contributed by atoms with Crippen molar-refractivity contribution in [2.24, 2.45) is 4.99 Å². The topological polar surface area (TPSA) is 167 Å². The van der Waals surface area contributed by atoms with Gasteiger partial charge in [0.25, 0.3) is 5.91 Å². The van der Waals surface area contributed by atoms with Crippen LogP contribution in [0.2, 0.25) is 0 Å². The van der Waals surface area contributed by atoms with E-state index in [2.05, 4.69) is 30.8 Å². The molecule has 1 aliphatic rings. The highest BCUT2D eigenvalue weighted by atomic mass is 32.2. The predicted octanol–water partition coefficient (Wildman–Crippen LogP) is 0.137. The number of carbonyl (C=O) groups excluding carboxylic acids is 1. The number of guanidine groups is 1. The van der Waals surface area contributed by atoms with Crippen LogP contribution >= 0.6 is 0 Å². The van der Waals surface area contributed by atoms with Crippen molar-refractivity contribution >= 4 is 38.8 Å². The number of nitrogens with zero attached hydrogens (tertiary/aromatic N) is 3. The Balaban J connectivity index is 1.34. The number of amides is 1. The van der Waals surface area contributed by atoms with Crippen LogP contribution in [0.1, 0.15) is 16.8 Å². The van der Waals surface area contributed by atoms with Crippen molar-refractivity contribution in [3.05, 3.63) is 60.3 Å². The van der Waals surface area contributed by atoms with Gasteiger partial charge >= 0.3 is 5.97 Å². The molecule has 190 valence electrons. The Bertz CT molecular complexity index is 1370. The lowest BCUT2D eigenvalue weighted by Crippen LogP contribution is -2.48. The molecule has 0 aliphatic carbocycles. The number of aliphatic carboxylic acids is 1. The molecular weight excluding hydrogens is 486 g/mol. The molecule has 0 spiro atoms. The Kier molecular flexibility index (Phi) is 7.80. The van der Waals surface area contributed by atoms with Crippen LogP contribution in [-0.4, -0.2) is 73.4 Å². The lowest BCUT2D eigenvalue weighted by Gasteiger charge is -2.15. The number of sulfonamides is 1. The monoisotopic (exact) mass is 513 g/mol. The van der Waals surface area contributed by atoms with E-state index in [1.165, 1.54) is 24.3 Å². The quantitative estimate of drug-likeness (QED) is 0.226. The standard InChI is InChI=1S/C23H27N7O5S/c31-21(27-15-19(22(32)33)29-36(34,35)18-5-2-1-3-6-18)16-7-8-20-17(13-16)14-28-30(20)12-4-9-24-23-25-10-11-26-23/h1-3,5-8,13-14,19,29H,4,9-12,15H2,(H,27,31)(H,32,33)(H2,24,25,26)/t19-/m0/s1. The van der Waals surface area contributed by atoms with Crippen LogP contribution in [0.3, 0.4) is 0 Å². The molecule has 36 heavy (non-hydrogen) atoms. The molecule has 13 heteroatoms. The highest BCUT2D eigenvalue weighted by Crippen LogP contribution is 2.16. The predicted molar refractivity (Wildman–Crippen MR) is 133 cm³/mol. The number of hydrogen-bond donors (Lipinski definition) is 5. The van der Waals surface area contributed by atoms with Crippen LogP contribution in [-0.2, 0) is 21.4 Å². The first-order valence-electron chi connectivity index (χ1n) is 11.4. The van der Waals surface area contributed by atoms with Crippen LogP contribution in [0.5, 0.6) is 0 Å². The second-order valence-electron chi connectivity index (χ2n) is 8.11. The van der Waals surface area contributed by atoms with Gasteiger partial charge in [-0.15, -0.1) is 0 Å². The summed E-state index contributed by atoms with van der Waals surface area (Å²) >= 11 is 0. The van der Waals surface area contributed by atoms with E-state index < -0.39 is 34.5 Å². The number of nitrogens with one attached hydrogen (secondary N) is 4. The van der Waals surface area contributed by atoms with E-state index in [-0.39, 0.29) is 4.90 Å². The molecule has 0 saturated carbocycles. The van der Waals surface area contributed by atoms with E-state index in [0.29, 0.717) is 12.1 Å². The fraction of sp³-hybridized carbons (Fsp3) is 0.304. The third-order valence-electron chi connectivity index (χ3n) is 5.53. The molecule has 0 bridgehead atoms. The SMILES string of the molecule is O=C(NC[C@H](NS(=O)(=O)c1ccccc1)C(=O)O)c1ccc2c(cnn2CCCNC2=NCCN2)c1. The minimum atomic E-state index is -4.07. The molecule has 1 aromatic heterocycles. The van der Waals surface area contributed by atoms with E-state index >= 15 is 0 Å². The normalized spacial score (nSPS) is 14.2. The molecule has 0 fully saturated rings. The summed E-state index contributed by atoms with van der Waals surface area (Å²) in [6.45, 7) is 2.62. The highest BCUT2D eigenvalue weighted by molar-refractivity contribution is 7.89. The van der Waals surface area contributed by atoms with Gasteiger partial charge in [0.2, 0.25) is 10.0 Å². The van der Waals surface area contributed by atoms with Crippen molar-refractivity contribution < 1.29 is 23.1 Å². The maximum Gasteiger partial charge on any atom is 0.323 e. The summed E-state index contributed by atoms with van der Waals surface area (Å²) in [5.41, 5.74) is 1.17. The van der Waals surface area contributed by atoms with Crippen molar-refractivity contribution in [3.63, 3.8) is 0 Å². The zero-order valence-electron chi connectivity index (χ0n) is 19.3. The largest absolute Gasteiger partial charge is 0.480 e. The van der Waals surface area contributed by atoms with Crippen molar-refractivity contribution in [3.8, 4) is 0 Å². The van der Waals surface area contributed by atoms with E-state index in [1.807, 2.05) is 4.68 Å². The van der Waals surface area contributed by atoms with Gasteiger partial charge in [-0.05, 0) is 36.8 Å². The van der Waals surface area contributed by atoms with E-state index in [1.54, 1.807) is 30.5 Å². The summed E-state index contributed by atoms with van der Waals surface area (Å²) in [7, 11) is -4.07. The summed E-state index contributed by atoms with van der Waals surface area (Å²) in [5, 5.41) is 23.5. The van der Waals surface area contributed by atoms with E-state index in [4.69, 9.17) is 0 Å². The summed E-state index contributed by atoms with van der Waals surface area (Å²) < 4.78 is 28.9. The highest BCUT2D eigenvalue weighted by Gasteiger charge is 2.26. The number of aromatic nitrogens is 2. The molecular formula is C23H27N7O5S. The molecule has 3 aromatic rings. The molecule has 5 N–H and O–H groups in total. The average molecular weight is 514 g/mol. The third-order valence-corrected chi connectivity index (χ3v) is 7.02. The van der Waals surface area contributed by atoms with Gasteiger partial charge in [0.15, 0.2) is 5.96 Å². The van der Waals surface area contributed by atoms with Gasteiger partial charge in [-0.2, -0.15) is 9.82 Å². The van der Waals surface area contributed by atoms with Crippen molar-refractivity contribution in [2.45, 2.75) is 23.9 Å². The van der Waals surface area contributed by atoms with Gasteiger partial charge in [-0.3, -0.25) is 19.3 Å². The van der Waals surface area contributed by atoms with Crippen LogP contribution in [0.15, 0.2) is 64.6 Å². The molecule has 0 unspecified atom stereocenters. The molecule has 1 atom stereocenters. The summed E-state index contributed by atoms with van der Waals surface area (Å²) in [6.07, 6.45) is 2.49. The second-order valence-corrected chi connectivity index (χ2v) is 9.83. The lowest BCUT2D eigenvalue weighted by molar-refractivity contribution is -0.138. The first-order valence-corrected chi connectivity index (χ1v) is 12.9. The second kappa shape index (κ2) is 11.2. The van der Waals surface area contributed by atoms with Crippen LogP contribution in [0, 0.1) is 0 Å². The molecule has 12 nitrogen and oxygen atoms in total. The number of hydrogen-bond acceptors (Lipinski definition) is 8. The van der Waals surface area contributed by atoms with Crippen LogP contribution in [0.25, 0.3) is 10.9 Å². The Morgan fingerprint density at radius 2 is 1.97 bits per heavy atom. The summed E-state index contributed by atoms with van der Waals surface area (Å²) in [6, 6.07) is 10.9. The average Bonchev–Trinajstić information content (AvgIpc) is 3.54. The van der Waals surface area contributed by atoms with Crippen molar-refractivity contribution in [1.82, 2.24) is 30.5 Å². The zero-order valence-corrected chi connectivity index (χ0v) is 20.2. The molecule has 0 radical (unpaired) electrons. The first-order chi connectivity index (χ1) is 17.3. The molecule has 0 saturated heterocycles. The lowest BCUT2D eigenvalue weighted by atomic mass is 10.1. The number of rotatable bonds is 11. The fourth-order valence-corrected chi connectivity index (χ4v) is 4.90. The van der Waals surface area contributed by atoms with Crippen LogP contribution in [0.4, 0.5) is 0 Å². The Hall–Kier alpha value is -3.97. The Morgan fingerprint density at radius 3 is 2.69 bits per heavy atom. The van der Waals surface area contributed by atoms with Crippen LogP contribution < -0.4 is 20.7 Å². The number of fused-ring (bicyclic) bond motifs is 1. The van der Waals surface area contributed by atoms with Crippen molar-refractivity contribution in [2.75, 3.05) is 26.2 Å². The molecule has 1 aliphatic heterocycles. The van der Waals surface area contributed by atoms with E-state index in [9.17, 15) is 23.1 Å². The maximum absolute atomic E-state index is 12.7. The van der Waals surface area contributed by atoms with Gasteiger partial charge in [0.05, 0.1) is 23.2 Å². The number of carboxylic acid groups (broad SMARTS) is 1. The van der Waals surface area contributed by atoms with Crippen molar-refractivity contribution in [1.29, 1.82) is 0 Å². The van der Waals surface area contributed by atoms with Gasteiger partial charge in [0.1, 0.15) is 6.04 Å². The Morgan fingerprint density at radius 1 is 1.17 bits per heavy atom. The zero-order chi connectivity index (χ0) is 25.5. The number of carbonyl (C=O) groups is 2. The van der Waals surface area contributed by atoms with Gasteiger partial charge < -0.3 is 21.1 Å². The fourth-order valence-electron chi connectivity index (χ4n) is 3.69. The maximum atomic E-state index is 12.7. The molecule has 2 aromatic carbocycles. The minimum absolute atomic E-state index is 0.0650.